The van der Waals surface area contributed by atoms with Crippen molar-refractivity contribution in [3.8, 4) is 17.2 Å². The molecule has 0 aliphatic carbocycles. The predicted molar refractivity (Wildman–Crippen MR) is 97.0 cm³/mol. The SMILES string of the molecule is COc1cc(NC(=O)CN(C)Cc2c(C)noc2C)cc(OC)c1OC. The van der Waals surface area contributed by atoms with Crippen LogP contribution in [0.4, 0.5) is 5.69 Å². The van der Waals surface area contributed by atoms with E-state index in [1.165, 1.54) is 21.3 Å². The maximum atomic E-state index is 12.4. The van der Waals surface area contributed by atoms with Crippen LogP contribution in [0.2, 0.25) is 0 Å². The summed E-state index contributed by atoms with van der Waals surface area (Å²) in [6.45, 7) is 4.53. The van der Waals surface area contributed by atoms with Crippen LogP contribution in [-0.4, -0.2) is 50.9 Å². The van der Waals surface area contributed by atoms with E-state index in [-0.39, 0.29) is 12.5 Å². The fourth-order valence-electron chi connectivity index (χ4n) is 2.65. The van der Waals surface area contributed by atoms with Crippen molar-refractivity contribution < 1.29 is 23.5 Å². The first-order valence-electron chi connectivity index (χ1n) is 8.09. The molecule has 8 heteroatoms. The zero-order chi connectivity index (χ0) is 19.3. The van der Waals surface area contributed by atoms with E-state index in [0.29, 0.717) is 29.5 Å². The molecule has 1 aromatic carbocycles. The first-order chi connectivity index (χ1) is 12.4. The molecule has 0 bridgehead atoms. The summed E-state index contributed by atoms with van der Waals surface area (Å²) in [5.41, 5.74) is 2.39. The van der Waals surface area contributed by atoms with Gasteiger partial charge in [-0.25, -0.2) is 0 Å². The van der Waals surface area contributed by atoms with Crippen molar-refractivity contribution in [3.63, 3.8) is 0 Å². The highest BCUT2D eigenvalue weighted by molar-refractivity contribution is 5.93. The van der Waals surface area contributed by atoms with Crippen molar-refractivity contribution >= 4 is 11.6 Å². The van der Waals surface area contributed by atoms with Gasteiger partial charge in [-0.1, -0.05) is 5.16 Å². The standard InChI is InChI=1S/C18H25N3O5/c1-11-14(12(2)26-20-11)9-21(3)10-17(22)19-13-7-15(23-4)18(25-6)16(8-13)24-5/h7-8H,9-10H2,1-6H3,(H,19,22). The Labute approximate surface area is 153 Å². The number of rotatable bonds is 8. The number of methoxy groups -OCH3 is 3. The number of aromatic nitrogens is 1. The number of carbonyl (C=O) groups is 1. The summed E-state index contributed by atoms with van der Waals surface area (Å²) in [5.74, 6) is 2.04. The monoisotopic (exact) mass is 363 g/mol. The molecular weight excluding hydrogens is 338 g/mol. The lowest BCUT2D eigenvalue weighted by Gasteiger charge is -2.17. The molecule has 0 fully saturated rings. The Balaban J connectivity index is 2.05. The number of benzene rings is 1. The number of hydrogen-bond acceptors (Lipinski definition) is 7. The number of hydrogen-bond donors (Lipinski definition) is 1. The fourth-order valence-corrected chi connectivity index (χ4v) is 2.65. The van der Waals surface area contributed by atoms with Gasteiger partial charge in [-0.15, -0.1) is 0 Å². The van der Waals surface area contributed by atoms with E-state index < -0.39 is 0 Å². The van der Waals surface area contributed by atoms with Crippen LogP contribution in [0.1, 0.15) is 17.0 Å². The largest absolute Gasteiger partial charge is 0.493 e. The molecule has 0 radical (unpaired) electrons. The second-order valence-electron chi connectivity index (χ2n) is 5.94. The van der Waals surface area contributed by atoms with E-state index in [4.69, 9.17) is 18.7 Å². The normalized spacial score (nSPS) is 10.7. The molecule has 0 atom stereocenters. The lowest BCUT2D eigenvalue weighted by atomic mass is 10.2. The second kappa shape index (κ2) is 8.57. The van der Waals surface area contributed by atoms with Gasteiger partial charge in [0.25, 0.3) is 0 Å². The van der Waals surface area contributed by atoms with E-state index >= 15 is 0 Å². The summed E-state index contributed by atoms with van der Waals surface area (Å²) in [6, 6.07) is 3.38. The van der Waals surface area contributed by atoms with Gasteiger partial charge in [0.1, 0.15) is 5.76 Å². The van der Waals surface area contributed by atoms with Gasteiger partial charge in [0.15, 0.2) is 11.5 Å². The predicted octanol–water partition coefficient (Wildman–Crippen LogP) is 2.39. The van der Waals surface area contributed by atoms with E-state index in [9.17, 15) is 4.79 Å². The molecule has 0 aliphatic rings. The van der Waals surface area contributed by atoms with Crippen LogP contribution in [-0.2, 0) is 11.3 Å². The maximum absolute atomic E-state index is 12.4. The third kappa shape index (κ3) is 4.45. The van der Waals surface area contributed by atoms with Crippen molar-refractivity contribution in [2.45, 2.75) is 20.4 Å². The molecule has 0 saturated carbocycles. The van der Waals surface area contributed by atoms with Crippen LogP contribution in [0, 0.1) is 13.8 Å². The molecule has 1 heterocycles. The average Bonchev–Trinajstić information content (AvgIpc) is 2.92. The fraction of sp³-hybridized carbons (Fsp3) is 0.444. The zero-order valence-corrected chi connectivity index (χ0v) is 16.0. The molecule has 142 valence electrons. The highest BCUT2D eigenvalue weighted by atomic mass is 16.5. The van der Waals surface area contributed by atoms with Crippen molar-refractivity contribution in [1.29, 1.82) is 0 Å². The van der Waals surface area contributed by atoms with Gasteiger partial charge in [-0.05, 0) is 20.9 Å². The number of nitrogens with one attached hydrogen (secondary N) is 1. The molecule has 0 saturated heterocycles. The summed E-state index contributed by atoms with van der Waals surface area (Å²) < 4.78 is 21.0. The average molecular weight is 363 g/mol. The van der Waals surface area contributed by atoms with Crippen LogP contribution in [0.3, 0.4) is 0 Å². The highest BCUT2D eigenvalue weighted by Gasteiger charge is 2.16. The Kier molecular flexibility index (Phi) is 6.46. The van der Waals surface area contributed by atoms with E-state index in [2.05, 4.69) is 10.5 Å². The molecule has 8 nitrogen and oxygen atoms in total. The van der Waals surface area contributed by atoms with Gasteiger partial charge in [-0.3, -0.25) is 9.69 Å². The first kappa shape index (κ1) is 19.6. The number of carbonyl (C=O) groups excluding carboxylic acids is 1. The van der Waals surface area contributed by atoms with Crippen LogP contribution >= 0.6 is 0 Å². The molecule has 0 spiro atoms. The number of ether oxygens (including phenoxy) is 3. The summed E-state index contributed by atoms with van der Waals surface area (Å²) >= 11 is 0. The summed E-state index contributed by atoms with van der Waals surface area (Å²) in [7, 11) is 6.45. The third-order valence-electron chi connectivity index (χ3n) is 3.97. The van der Waals surface area contributed by atoms with Gasteiger partial charge in [0.05, 0.1) is 33.6 Å². The highest BCUT2D eigenvalue weighted by Crippen LogP contribution is 2.39. The van der Waals surface area contributed by atoms with Gasteiger partial charge in [0, 0.05) is 29.9 Å². The van der Waals surface area contributed by atoms with E-state index in [1.807, 2.05) is 25.8 Å². The van der Waals surface area contributed by atoms with Gasteiger partial charge in [-0.2, -0.15) is 0 Å². The molecule has 1 aromatic heterocycles. The molecule has 2 rings (SSSR count). The molecule has 1 N–H and O–H groups in total. The van der Waals surface area contributed by atoms with Crippen molar-refractivity contribution in [1.82, 2.24) is 10.1 Å². The Morgan fingerprint density at radius 1 is 1.15 bits per heavy atom. The molecule has 0 unspecified atom stereocenters. The Hall–Kier alpha value is -2.74. The lowest BCUT2D eigenvalue weighted by Crippen LogP contribution is -2.30. The molecular formula is C18H25N3O5. The number of aryl methyl sites for hydroxylation is 2. The minimum Gasteiger partial charge on any atom is -0.493 e. The quantitative estimate of drug-likeness (QED) is 0.770. The second-order valence-corrected chi connectivity index (χ2v) is 5.94. The van der Waals surface area contributed by atoms with Gasteiger partial charge in [0.2, 0.25) is 11.7 Å². The topological polar surface area (TPSA) is 86.1 Å². The summed E-state index contributed by atoms with van der Waals surface area (Å²) in [4.78, 5) is 14.3. The third-order valence-corrected chi connectivity index (χ3v) is 3.97. The zero-order valence-electron chi connectivity index (χ0n) is 16.0. The van der Waals surface area contributed by atoms with Crippen molar-refractivity contribution in [2.75, 3.05) is 40.2 Å². The minimum absolute atomic E-state index is 0.159. The maximum Gasteiger partial charge on any atom is 0.238 e. The smallest absolute Gasteiger partial charge is 0.238 e. The summed E-state index contributed by atoms with van der Waals surface area (Å²) in [5, 5.41) is 6.78. The molecule has 1 amide bonds. The van der Waals surface area contributed by atoms with E-state index in [1.54, 1.807) is 12.1 Å². The molecule has 2 aromatic rings. The van der Waals surface area contributed by atoms with Crippen LogP contribution < -0.4 is 19.5 Å². The van der Waals surface area contributed by atoms with Crippen molar-refractivity contribution in [3.05, 3.63) is 29.2 Å². The summed E-state index contributed by atoms with van der Waals surface area (Å²) in [6.07, 6.45) is 0. The number of amides is 1. The Morgan fingerprint density at radius 2 is 1.77 bits per heavy atom. The molecule has 0 aliphatic heterocycles. The first-order valence-corrected chi connectivity index (χ1v) is 8.09. The molecule has 26 heavy (non-hydrogen) atoms. The van der Waals surface area contributed by atoms with Gasteiger partial charge >= 0.3 is 0 Å². The van der Waals surface area contributed by atoms with Gasteiger partial charge < -0.3 is 24.1 Å². The Bertz CT molecular complexity index is 728. The van der Waals surface area contributed by atoms with Crippen LogP contribution in [0.5, 0.6) is 17.2 Å². The number of nitrogens with zero attached hydrogens (tertiary/aromatic N) is 2. The number of anilines is 1. The number of likely N-dealkylation sites (N-methyl/N-ethyl adjacent to an activating group) is 1. The van der Waals surface area contributed by atoms with Crippen LogP contribution in [0.25, 0.3) is 0 Å². The Morgan fingerprint density at radius 3 is 2.23 bits per heavy atom. The van der Waals surface area contributed by atoms with Crippen molar-refractivity contribution in [2.24, 2.45) is 0 Å². The lowest BCUT2D eigenvalue weighted by molar-refractivity contribution is -0.117. The van der Waals surface area contributed by atoms with Crippen LogP contribution in [0.15, 0.2) is 16.7 Å². The van der Waals surface area contributed by atoms with E-state index in [0.717, 1.165) is 17.0 Å². The minimum atomic E-state index is -0.159.